The molecule has 92 valence electrons. The molecular formula is C13H12FN3O. The van der Waals surface area contributed by atoms with E-state index in [-0.39, 0.29) is 0 Å². The molecule has 0 aliphatic carbocycles. The Kier molecular flexibility index (Phi) is 2.80. The minimum atomic E-state index is -0.525. The number of halogens is 1. The summed E-state index contributed by atoms with van der Waals surface area (Å²) in [6.07, 6.45) is 2.10. The van der Waals surface area contributed by atoms with Gasteiger partial charge in [0, 0.05) is 12.6 Å². The van der Waals surface area contributed by atoms with Gasteiger partial charge in [-0.05, 0) is 18.6 Å². The summed E-state index contributed by atoms with van der Waals surface area (Å²) in [5.74, 6) is 0.831. The van der Waals surface area contributed by atoms with E-state index in [0.717, 1.165) is 24.4 Å². The van der Waals surface area contributed by atoms with E-state index in [0.29, 0.717) is 12.4 Å². The highest BCUT2D eigenvalue weighted by atomic mass is 19.1. The maximum atomic E-state index is 13.2. The van der Waals surface area contributed by atoms with Gasteiger partial charge < -0.3 is 9.64 Å². The molecule has 0 radical (unpaired) electrons. The number of rotatable bonds is 1. The van der Waals surface area contributed by atoms with E-state index in [4.69, 9.17) is 4.74 Å². The first-order chi connectivity index (χ1) is 8.84. The van der Waals surface area contributed by atoms with Gasteiger partial charge in [0.15, 0.2) is 0 Å². The van der Waals surface area contributed by atoms with Gasteiger partial charge in [-0.15, -0.1) is 0 Å². The van der Waals surface area contributed by atoms with Crippen LogP contribution in [0, 0.1) is 5.95 Å². The SMILES string of the molecule is Fc1cc(N2CCCOc3ccccc32)ncn1. The van der Waals surface area contributed by atoms with Crippen LogP contribution in [0.4, 0.5) is 15.9 Å². The molecule has 0 N–H and O–H groups in total. The lowest BCUT2D eigenvalue weighted by atomic mass is 10.2. The number of benzene rings is 1. The third-order valence-corrected chi connectivity index (χ3v) is 2.84. The molecule has 0 bridgehead atoms. The Balaban J connectivity index is 2.06. The fraction of sp³-hybridized carbons (Fsp3) is 0.231. The van der Waals surface area contributed by atoms with Gasteiger partial charge in [0.2, 0.25) is 5.95 Å². The Morgan fingerprint density at radius 2 is 2.11 bits per heavy atom. The van der Waals surface area contributed by atoms with Crippen LogP contribution in [0.3, 0.4) is 0 Å². The van der Waals surface area contributed by atoms with Gasteiger partial charge in [0.1, 0.15) is 17.9 Å². The van der Waals surface area contributed by atoms with Crippen molar-refractivity contribution in [1.82, 2.24) is 9.97 Å². The highest BCUT2D eigenvalue weighted by Crippen LogP contribution is 2.34. The van der Waals surface area contributed by atoms with Crippen LogP contribution in [0.2, 0.25) is 0 Å². The summed E-state index contributed by atoms with van der Waals surface area (Å²) in [6, 6.07) is 9.04. The molecule has 4 nitrogen and oxygen atoms in total. The highest BCUT2D eigenvalue weighted by molar-refractivity contribution is 5.67. The van der Waals surface area contributed by atoms with Crippen molar-refractivity contribution >= 4 is 11.5 Å². The number of para-hydroxylation sites is 2. The molecule has 0 saturated carbocycles. The maximum absolute atomic E-state index is 13.2. The molecular weight excluding hydrogens is 233 g/mol. The summed E-state index contributed by atoms with van der Waals surface area (Å²) in [5, 5.41) is 0. The van der Waals surface area contributed by atoms with E-state index in [9.17, 15) is 4.39 Å². The first-order valence-corrected chi connectivity index (χ1v) is 5.81. The van der Waals surface area contributed by atoms with Gasteiger partial charge in [0.25, 0.3) is 0 Å². The first kappa shape index (κ1) is 11.0. The van der Waals surface area contributed by atoms with Crippen molar-refractivity contribution in [2.75, 3.05) is 18.1 Å². The second kappa shape index (κ2) is 4.60. The van der Waals surface area contributed by atoms with Crippen molar-refractivity contribution in [3.8, 4) is 5.75 Å². The largest absolute Gasteiger partial charge is 0.491 e. The molecule has 1 aromatic heterocycles. The second-order valence-corrected chi connectivity index (χ2v) is 4.02. The van der Waals surface area contributed by atoms with Crippen LogP contribution < -0.4 is 9.64 Å². The molecule has 0 saturated heterocycles. The second-order valence-electron chi connectivity index (χ2n) is 4.02. The predicted molar refractivity (Wildman–Crippen MR) is 65.6 cm³/mol. The first-order valence-electron chi connectivity index (χ1n) is 5.81. The van der Waals surface area contributed by atoms with E-state index < -0.39 is 5.95 Å². The smallest absolute Gasteiger partial charge is 0.218 e. The van der Waals surface area contributed by atoms with Crippen LogP contribution in [0.25, 0.3) is 0 Å². The van der Waals surface area contributed by atoms with Gasteiger partial charge in [-0.3, -0.25) is 0 Å². The Labute approximate surface area is 104 Å². The van der Waals surface area contributed by atoms with Crippen LogP contribution in [-0.4, -0.2) is 23.1 Å². The summed E-state index contributed by atoms with van der Waals surface area (Å²) in [7, 11) is 0. The van der Waals surface area contributed by atoms with Crippen molar-refractivity contribution in [2.24, 2.45) is 0 Å². The van der Waals surface area contributed by atoms with E-state index >= 15 is 0 Å². The molecule has 1 aromatic carbocycles. The molecule has 1 aliphatic rings. The van der Waals surface area contributed by atoms with Gasteiger partial charge in [-0.2, -0.15) is 4.39 Å². The molecule has 1 aliphatic heterocycles. The average Bonchev–Trinajstić information content (AvgIpc) is 2.61. The van der Waals surface area contributed by atoms with Crippen molar-refractivity contribution in [3.05, 3.63) is 42.6 Å². The van der Waals surface area contributed by atoms with Gasteiger partial charge in [0.05, 0.1) is 12.3 Å². The molecule has 18 heavy (non-hydrogen) atoms. The Morgan fingerprint density at radius 1 is 1.22 bits per heavy atom. The van der Waals surface area contributed by atoms with Gasteiger partial charge in [-0.25, -0.2) is 9.97 Å². The quantitative estimate of drug-likeness (QED) is 0.724. The lowest BCUT2D eigenvalue weighted by molar-refractivity contribution is 0.322. The molecule has 2 aromatic rings. The normalized spacial score (nSPS) is 14.6. The fourth-order valence-corrected chi connectivity index (χ4v) is 2.04. The zero-order valence-corrected chi connectivity index (χ0v) is 9.71. The number of fused-ring (bicyclic) bond motifs is 1. The minimum Gasteiger partial charge on any atom is -0.491 e. The maximum Gasteiger partial charge on any atom is 0.218 e. The Hall–Kier alpha value is -2.17. The summed E-state index contributed by atoms with van der Waals surface area (Å²) >= 11 is 0. The molecule has 2 heterocycles. The summed E-state index contributed by atoms with van der Waals surface area (Å²) in [4.78, 5) is 9.55. The molecule has 0 unspecified atom stereocenters. The topological polar surface area (TPSA) is 38.2 Å². The van der Waals surface area contributed by atoms with Gasteiger partial charge >= 0.3 is 0 Å². The summed E-state index contributed by atoms with van der Waals surface area (Å²) < 4.78 is 18.8. The molecule has 0 atom stereocenters. The van der Waals surface area contributed by atoms with Crippen LogP contribution in [0.5, 0.6) is 5.75 Å². The van der Waals surface area contributed by atoms with Crippen molar-refractivity contribution in [2.45, 2.75) is 6.42 Å². The average molecular weight is 245 g/mol. The third-order valence-electron chi connectivity index (χ3n) is 2.84. The van der Waals surface area contributed by atoms with E-state index in [1.807, 2.05) is 29.2 Å². The molecule has 3 rings (SSSR count). The summed E-state index contributed by atoms with van der Waals surface area (Å²) in [6.45, 7) is 1.40. The van der Waals surface area contributed by atoms with Crippen LogP contribution in [-0.2, 0) is 0 Å². The zero-order chi connectivity index (χ0) is 12.4. The molecule has 0 fully saturated rings. The Bertz CT molecular complexity index is 561. The minimum absolute atomic E-state index is 0.525. The number of hydrogen-bond donors (Lipinski definition) is 0. The van der Waals surface area contributed by atoms with Gasteiger partial charge in [-0.1, -0.05) is 12.1 Å². The monoisotopic (exact) mass is 245 g/mol. The molecule has 0 amide bonds. The van der Waals surface area contributed by atoms with Crippen molar-refractivity contribution in [3.63, 3.8) is 0 Å². The van der Waals surface area contributed by atoms with E-state index in [2.05, 4.69) is 9.97 Å². The van der Waals surface area contributed by atoms with Crippen molar-refractivity contribution < 1.29 is 9.13 Å². The standard InChI is InChI=1S/C13H12FN3O/c14-12-8-13(16-9-15-12)17-6-3-7-18-11-5-2-1-4-10(11)17/h1-2,4-5,8-9H,3,6-7H2. The van der Waals surface area contributed by atoms with E-state index in [1.165, 1.54) is 12.4 Å². The number of ether oxygens (including phenoxy) is 1. The number of aromatic nitrogens is 2. The van der Waals surface area contributed by atoms with Crippen LogP contribution >= 0.6 is 0 Å². The molecule has 0 spiro atoms. The van der Waals surface area contributed by atoms with Crippen LogP contribution in [0.15, 0.2) is 36.7 Å². The predicted octanol–water partition coefficient (Wildman–Crippen LogP) is 2.54. The highest BCUT2D eigenvalue weighted by Gasteiger charge is 2.18. The van der Waals surface area contributed by atoms with Crippen molar-refractivity contribution in [1.29, 1.82) is 0 Å². The Morgan fingerprint density at radius 3 is 3.00 bits per heavy atom. The molecule has 5 heteroatoms. The number of hydrogen-bond acceptors (Lipinski definition) is 4. The zero-order valence-electron chi connectivity index (χ0n) is 9.71. The van der Waals surface area contributed by atoms with Crippen LogP contribution in [0.1, 0.15) is 6.42 Å². The number of nitrogens with zero attached hydrogens (tertiary/aromatic N) is 3. The number of anilines is 2. The third kappa shape index (κ3) is 1.99. The van der Waals surface area contributed by atoms with E-state index in [1.54, 1.807) is 0 Å². The summed E-state index contributed by atoms with van der Waals surface area (Å²) in [5.41, 5.74) is 0.910. The lowest BCUT2D eigenvalue weighted by Crippen LogP contribution is -2.19. The fourth-order valence-electron chi connectivity index (χ4n) is 2.04. The lowest BCUT2D eigenvalue weighted by Gasteiger charge is -2.22.